The van der Waals surface area contributed by atoms with Crippen LogP contribution >= 0.6 is 0 Å². The largest absolute Gasteiger partial charge is 0.462 e. The first-order chi connectivity index (χ1) is 15.7. The molecule has 0 aliphatic rings. The number of aromatic amines is 1. The number of aromatic nitrogens is 2. The van der Waals surface area contributed by atoms with Gasteiger partial charge in [-0.25, -0.2) is 4.98 Å². The van der Waals surface area contributed by atoms with E-state index in [0.717, 1.165) is 24.3 Å². The van der Waals surface area contributed by atoms with Crippen molar-refractivity contribution in [3.05, 3.63) is 30.1 Å². The van der Waals surface area contributed by atoms with Crippen LogP contribution in [0.2, 0.25) is 0 Å². The number of rotatable bonds is 7. The van der Waals surface area contributed by atoms with E-state index in [9.17, 15) is 74.6 Å². The molecule has 0 bridgehead atoms. The van der Waals surface area contributed by atoms with Crippen molar-refractivity contribution >= 4 is 11.0 Å². The van der Waals surface area contributed by atoms with E-state index in [1.54, 1.807) is 0 Å². The lowest BCUT2D eigenvalue weighted by Crippen LogP contribution is -2.67. The van der Waals surface area contributed by atoms with Crippen LogP contribution in [-0.2, 0) is 15.3 Å². The second kappa shape index (κ2) is 8.21. The number of nitrogens with one attached hydrogen (secondary N) is 1. The lowest BCUT2D eigenvalue weighted by atomic mass is 10.2. The van der Waals surface area contributed by atoms with Gasteiger partial charge in [-0.05, 0) is 12.1 Å². The van der Waals surface area contributed by atoms with E-state index < -0.39 is 65.2 Å². The van der Waals surface area contributed by atoms with Gasteiger partial charge in [-0.15, -0.1) is 0 Å². The number of alkyl halides is 17. The Morgan fingerprint density at radius 1 is 0.583 bits per heavy atom. The lowest BCUT2D eigenvalue weighted by molar-refractivity contribution is -0.554. The topological polar surface area (TPSA) is 47.1 Å². The van der Waals surface area contributed by atoms with Crippen molar-refractivity contribution in [3.63, 3.8) is 0 Å². The molecule has 0 radical (unpaired) electrons. The van der Waals surface area contributed by atoms with Crippen LogP contribution in [0.3, 0.4) is 0 Å². The molecule has 0 spiro atoms. The maximum absolute atomic E-state index is 14.7. The quantitative estimate of drug-likeness (QED) is 0.371. The van der Waals surface area contributed by atoms with Gasteiger partial charge in [0, 0.05) is 0 Å². The molecule has 0 saturated heterocycles. The summed E-state index contributed by atoms with van der Waals surface area (Å²) < 4.78 is 228. The van der Waals surface area contributed by atoms with Crippen LogP contribution in [0.15, 0.2) is 24.3 Å². The Kier molecular flexibility index (Phi) is 6.77. The summed E-state index contributed by atoms with van der Waals surface area (Å²) in [6.45, 7) is 0. The monoisotopic (exact) mass is 568 g/mol. The van der Waals surface area contributed by atoms with E-state index in [2.05, 4.69) is 9.72 Å². The van der Waals surface area contributed by atoms with E-state index in [1.807, 2.05) is 0 Å². The van der Waals surface area contributed by atoms with Gasteiger partial charge in [-0.2, -0.15) is 74.6 Å². The van der Waals surface area contributed by atoms with Gasteiger partial charge in [0.05, 0.1) is 11.0 Å². The fourth-order valence-corrected chi connectivity index (χ4v) is 2.28. The second-order valence-corrected chi connectivity index (χ2v) is 6.60. The number of imidazole rings is 1. The molecule has 0 saturated carbocycles. The first-order valence-electron chi connectivity index (χ1n) is 8.30. The van der Waals surface area contributed by atoms with Gasteiger partial charge in [-0.3, -0.25) is 9.47 Å². The Hall–Kier alpha value is -2.58. The molecule has 0 aliphatic carbocycles. The minimum atomic E-state index is -7.94. The molecule has 2 rings (SSSR count). The van der Waals surface area contributed by atoms with Crippen molar-refractivity contribution < 1.29 is 84.1 Å². The van der Waals surface area contributed by atoms with Crippen LogP contribution in [0.5, 0.6) is 0 Å². The minimum Gasteiger partial charge on any atom is -0.337 e. The molecule has 2 atom stereocenters. The summed E-state index contributed by atoms with van der Waals surface area (Å²) in [5, 5.41) is 0. The van der Waals surface area contributed by atoms with E-state index in [4.69, 9.17) is 0 Å². The van der Waals surface area contributed by atoms with Gasteiger partial charge in [0.25, 0.3) is 0 Å². The smallest absolute Gasteiger partial charge is 0.337 e. The van der Waals surface area contributed by atoms with Crippen molar-refractivity contribution in [1.29, 1.82) is 0 Å². The summed E-state index contributed by atoms with van der Waals surface area (Å²) in [5.41, 5.74) is -1.32. The Morgan fingerprint density at radius 2 is 1.08 bits per heavy atom. The highest BCUT2D eigenvalue weighted by atomic mass is 19.4. The number of para-hydroxylation sites is 2. The summed E-state index contributed by atoms with van der Waals surface area (Å²) in [5.74, 6) is -24.6. The molecule has 0 amide bonds. The Labute approximate surface area is 185 Å². The zero-order chi connectivity index (χ0) is 28.4. The molecule has 1 N–H and O–H groups in total. The second-order valence-electron chi connectivity index (χ2n) is 6.60. The van der Waals surface area contributed by atoms with Crippen molar-refractivity contribution in [1.82, 2.24) is 9.97 Å². The van der Waals surface area contributed by atoms with Crippen LogP contribution in [0.4, 0.5) is 74.6 Å². The molecule has 2 aromatic rings. The maximum atomic E-state index is 14.7. The average molecular weight is 568 g/mol. The van der Waals surface area contributed by atoms with Gasteiger partial charge in [0.1, 0.15) is 0 Å². The van der Waals surface area contributed by atoms with Crippen LogP contribution in [0.25, 0.3) is 11.0 Å². The highest BCUT2D eigenvalue weighted by Gasteiger charge is 2.85. The highest BCUT2D eigenvalue weighted by molar-refractivity contribution is 5.74. The fourth-order valence-electron chi connectivity index (χ4n) is 2.28. The maximum Gasteiger partial charge on any atom is 0.462 e. The highest BCUT2D eigenvalue weighted by Crippen LogP contribution is 2.57. The van der Waals surface area contributed by atoms with Crippen LogP contribution in [0, 0.1) is 0 Å². The lowest BCUT2D eigenvalue weighted by Gasteiger charge is -2.40. The number of ether oxygens (including phenoxy) is 2. The number of H-pyrrole nitrogens is 1. The first-order valence-corrected chi connectivity index (χ1v) is 8.30. The molecular weight excluding hydrogens is 563 g/mol. The van der Waals surface area contributed by atoms with Gasteiger partial charge in [0.2, 0.25) is 0 Å². The Morgan fingerprint density at radius 3 is 1.50 bits per heavy atom. The summed E-state index contributed by atoms with van der Waals surface area (Å²) in [6, 6.07) is 3.63. The standard InChI is InChI=1S/C15H5F17N2O2/c16-8(11(20,21)22,7-33-5-3-1-2-4-6(5)34-7)35-15(31,32)10(19,13(26,27)28)36-14(29,30)9(17,18)12(23,24)25/h1-4H,(H,33,34)/t8-,10+/m1/s1. The number of hydrogen-bond acceptors (Lipinski definition) is 3. The molecule has 1 aromatic heterocycles. The van der Waals surface area contributed by atoms with Gasteiger partial charge >= 0.3 is 48.4 Å². The third-order valence-electron chi connectivity index (χ3n) is 4.06. The van der Waals surface area contributed by atoms with Crippen molar-refractivity contribution in [2.24, 2.45) is 0 Å². The van der Waals surface area contributed by atoms with Crippen molar-refractivity contribution in [3.8, 4) is 0 Å². The number of fused-ring (bicyclic) bond motifs is 1. The number of halogens is 17. The van der Waals surface area contributed by atoms with E-state index in [1.165, 1.54) is 9.72 Å². The number of nitrogens with zero attached hydrogens (tertiary/aromatic N) is 1. The molecule has 36 heavy (non-hydrogen) atoms. The molecule has 21 heteroatoms. The van der Waals surface area contributed by atoms with Gasteiger partial charge in [-0.1, -0.05) is 12.1 Å². The molecule has 1 heterocycles. The molecule has 1 aromatic carbocycles. The third kappa shape index (κ3) is 4.61. The third-order valence-corrected chi connectivity index (χ3v) is 4.06. The first kappa shape index (κ1) is 29.6. The summed E-state index contributed by atoms with van der Waals surface area (Å²) in [4.78, 5) is 4.08. The molecule has 0 unspecified atom stereocenters. The summed E-state index contributed by atoms with van der Waals surface area (Å²) in [6.07, 6.45) is -37.9. The predicted octanol–water partition coefficient (Wildman–Crippen LogP) is 6.89. The minimum absolute atomic E-state index is 0.624. The van der Waals surface area contributed by atoms with Crippen LogP contribution < -0.4 is 0 Å². The molecule has 0 fully saturated rings. The van der Waals surface area contributed by atoms with Crippen molar-refractivity contribution in [2.75, 3.05) is 0 Å². The average Bonchev–Trinajstić information content (AvgIpc) is 3.09. The van der Waals surface area contributed by atoms with Crippen LogP contribution in [-0.4, -0.2) is 52.5 Å². The van der Waals surface area contributed by atoms with Crippen molar-refractivity contribution in [2.45, 2.75) is 48.4 Å². The number of benzene rings is 1. The Balaban J connectivity index is 2.68. The zero-order valence-electron chi connectivity index (χ0n) is 16.0. The molecular formula is C15H5F17N2O2. The van der Waals surface area contributed by atoms with E-state index >= 15 is 0 Å². The van der Waals surface area contributed by atoms with Crippen LogP contribution in [0.1, 0.15) is 5.82 Å². The summed E-state index contributed by atoms with van der Waals surface area (Å²) in [7, 11) is 0. The SMILES string of the molecule is FC(F)(F)C(F)(F)C(F)(F)O[C@@](F)(C(F)(F)F)C(F)(F)O[C@](F)(c1nc2ccccc2[nH]1)C(F)(F)F. The number of hydrogen-bond donors (Lipinski definition) is 1. The normalized spacial score (nSPS) is 18.2. The zero-order valence-corrected chi connectivity index (χ0v) is 16.0. The van der Waals surface area contributed by atoms with Gasteiger partial charge < -0.3 is 4.98 Å². The predicted molar refractivity (Wildman–Crippen MR) is 77.9 cm³/mol. The van der Waals surface area contributed by atoms with E-state index in [-0.39, 0.29) is 0 Å². The van der Waals surface area contributed by atoms with Gasteiger partial charge in [0.15, 0.2) is 5.82 Å². The molecule has 206 valence electrons. The molecule has 0 aliphatic heterocycles. The summed E-state index contributed by atoms with van der Waals surface area (Å²) >= 11 is 0. The fraction of sp³-hybridized carbons (Fsp3) is 0.533. The Bertz CT molecular complexity index is 1060. The molecule has 4 nitrogen and oxygen atoms in total. The van der Waals surface area contributed by atoms with E-state index in [0.29, 0.717) is 0 Å².